The third-order valence-corrected chi connectivity index (χ3v) is 2.20. The molecule has 0 saturated heterocycles. The molecule has 1 rings (SSSR count). The van der Waals surface area contributed by atoms with E-state index in [1.54, 1.807) is 12.1 Å². The van der Waals surface area contributed by atoms with Gasteiger partial charge in [-0.05, 0) is 18.2 Å². The Kier molecular flexibility index (Phi) is 4.54. The predicted molar refractivity (Wildman–Crippen MR) is 67.7 cm³/mol. The molecule has 6 heteroatoms. The van der Waals surface area contributed by atoms with Gasteiger partial charge in [0, 0.05) is 12.2 Å². The largest absolute Gasteiger partial charge is 0.398 e. The summed E-state index contributed by atoms with van der Waals surface area (Å²) in [5.41, 5.74) is 6.32. The molecular weight excluding hydrogens is 242 g/mol. The zero-order chi connectivity index (χ0) is 12.8. The zero-order valence-corrected chi connectivity index (χ0v) is 9.75. The minimum Gasteiger partial charge on any atom is -0.398 e. The molecule has 5 nitrogen and oxygen atoms in total. The maximum absolute atomic E-state index is 11.4. The number of carbonyl (C=O) groups is 2. The fraction of sp³-hybridized carbons (Fsp3) is 0.0909. The smallest absolute Gasteiger partial charge is 0.313 e. The fourth-order valence-corrected chi connectivity index (χ4v) is 1.22. The highest BCUT2D eigenvalue weighted by atomic mass is 35.5. The number of halogens is 1. The Labute approximate surface area is 104 Å². The van der Waals surface area contributed by atoms with Crippen LogP contribution in [0.15, 0.2) is 30.9 Å². The van der Waals surface area contributed by atoms with Crippen LogP contribution in [0.25, 0.3) is 0 Å². The summed E-state index contributed by atoms with van der Waals surface area (Å²) in [5.74, 6) is -1.51. The molecule has 0 atom stereocenters. The summed E-state index contributed by atoms with van der Waals surface area (Å²) in [7, 11) is 0. The van der Waals surface area contributed by atoms with E-state index >= 15 is 0 Å². The molecule has 1 aromatic carbocycles. The number of nitrogens with two attached hydrogens (primary N) is 1. The van der Waals surface area contributed by atoms with Gasteiger partial charge < -0.3 is 16.4 Å². The number of rotatable bonds is 3. The van der Waals surface area contributed by atoms with E-state index < -0.39 is 11.8 Å². The van der Waals surface area contributed by atoms with Crippen molar-refractivity contribution in [1.82, 2.24) is 5.32 Å². The molecule has 1 aromatic rings. The Hall–Kier alpha value is -2.01. The van der Waals surface area contributed by atoms with E-state index in [4.69, 9.17) is 17.3 Å². The first-order valence-corrected chi connectivity index (χ1v) is 5.17. The third-order valence-electron chi connectivity index (χ3n) is 1.87. The monoisotopic (exact) mass is 253 g/mol. The molecule has 0 aliphatic carbocycles. The van der Waals surface area contributed by atoms with E-state index in [0.29, 0.717) is 16.4 Å². The van der Waals surface area contributed by atoms with E-state index in [2.05, 4.69) is 17.2 Å². The highest BCUT2D eigenvalue weighted by molar-refractivity contribution is 6.40. The molecule has 0 aliphatic heterocycles. The van der Waals surface area contributed by atoms with Crippen molar-refractivity contribution in [1.29, 1.82) is 0 Å². The Morgan fingerprint density at radius 1 is 1.41 bits per heavy atom. The van der Waals surface area contributed by atoms with E-state index in [1.165, 1.54) is 12.1 Å². The SMILES string of the molecule is C=CCNC(=O)C(=O)Nc1ccc(N)c(Cl)c1. The Morgan fingerprint density at radius 2 is 2.12 bits per heavy atom. The zero-order valence-electron chi connectivity index (χ0n) is 9.00. The van der Waals surface area contributed by atoms with Crippen LogP contribution >= 0.6 is 11.6 Å². The van der Waals surface area contributed by atoms with Gasteiger partial charge >= 0.3 is 11.8 Å². The average molecular weight is 254 g/mol. The number of carbonyl (C=O) groups excluding carboxylic acids is 2. The molecule has 2 amide bonds. The number of amides is 2. The summed E-state index contributed by atoms with van der Waals surface area (Å²) < 4.78 is 0. The second-order valence-corrected chi connectivity index (χ2v) is 3.60. The summed E-state index contributed by atoms with van der Waals surface area (Å²) in [5, 5.41) is 5.06. The minimum atomic E-state index is -0.771. The Bertz CT molecular complexity index is 460. The number of benzene rings is 1. The fourth-order valence-electron chi connectivity index (χ4n) is 1.04. The standard InChI is InChI=1S/C11H12ClN3O2/c1-2-5-14-10(16)11(17)15-7-3-4-9(13)8(12)6-7/h2-4,6H,1,5,13H2,(H,14,16)(H,15,17). The van der Waals surface area contributed by atoms with Crippen molar-refractivity contribution in [2.45, 2.75) is 0 Å². The molecule has 0 heterocycles. The number of hydrogen-bond acceptors (Lipinski definition) is 3. The minimum absolute atomic E-state index is 0.231. The van der Waals surface area contributed by atoms with E-state index in [9.17, 15) is 9.59 Å². The second kappa shape index (κ2) is 5.91. The quantitative estimate of drug-likeness (QED) is 0.429. The van der Waals surface area contributed by atoms with E-state index in [0.717, 1.165) is 0 Å². The molecule has 17 heavy (non-hydrogen) atoms. The van der Waals surface area contributed by atoms with Crippen molar-refractivity contribution in [3.8, 4) is 0 Å². The molecule has 0 fully saturated rings. The van der Waals surface area contributed by atoms with Gasteiger partial charge in [0.1, 0.15) is 0 Å². The van der Waals surface area contributed by atoms with Crippen molar-refractivity contribution in [3.05, 3.63) is 35.9 Å². The van der Waals surface area contributed by atoms with E-state index in [-0.39, 0.29) is 6.54 Å². The van der Waals surface area contributed by atoms with Crippen molar-refractivity contribution in [2.24, 2.45) is 0 Å². The van der Waals surface area contributed by atoms with E-state index in [1.807, 2.05) is 0 Å². The molecule has 0 bridgehead atoms. The van der Waals surface area contributed by atoms with Gasteiger partial charge in [-0.15, -0.1) is 6.58 Å². The molecule has 0 aliphatic rings. The lowest BCUT2D eigenvalue weighted by molar-refractivity contribution is -0.136. The molecule has 0 unspecified atom stereocenters. The van der Waals surface area contributed by atoms with Gasteiger partial charge in [-0.3, -0.25) is 9.59 Å². The lowest BCUT2D eigenvalue weighted by atomic mass is 10.3. The van der Waals surface area contributed by atoms with Gasteiger partial charge in [0.15, 0.2) is 0 Å². The molecule has 90 valence electrons. The summed E-state index contributed by atoms with van der Waals surface area (Å²) in [6, 6.07) is 4.56. The number of hydrogen-bond donors (Lipinski definition) is 3. The van der Waals surface area contributed by atoms with Crippen LogP contribution in [0.5, 0.6) is 0 Å². The first kappa shape index (κ1) is 13.1. The molecular formula is C11H12ClN3O2. The summed E-state index contributed by atoms with van der Waals surface area (Å²) >= 11 is 5.77. The first-order valence-electron chi connectivity index (χ1n) is 4.79. The molecule has 0 radical (unpaired) electrons. The predicted octanol–water partition coefficient (Wildman–Crippen LogP) is 1.16. The van der Waals surface area contributed by atoms with Crippen LogP contribution in [-0.2, 0) is 9.59 Å². The van der Waals surface area contributed by atoms with Crippen LogP contribution in [0.2, 0.25) is 5.02 Å². The number of nitrogen functional groups attached to an aromatic ring is 1. The number of anilines is 2. The molecule has 0 saturated carbocycles. The Balaban J connectivity index is 2.64. The van der Waals surface area contributed by atoms with Gasteiger partial charge in [0.25, 0.3) is 0 Å². The van der Waals surface area contributed by atoms with Crippen LogP contribution in [0.1, 0.15) is 0 Å². The summed E-state index contributed by atoms with van der Waals surface area (Å²) in [6.45, 7) is 3.65. The van der Waals surface area contributed by atoms with Crippen LogP contribution in [0.3, 0.4) is 0 Å². The Morgan fingerprint density at radius 3 is 2.71 bits per heavy atom. The molecule has 4 N–H and O–H groups in total. The maximum atomic E-state index is 11.4. The average Bonchev–Trinajstić information content (AvgIpc) is 2.30. The second-order valence-electron chi connectivity index (χ2n) is 3.19. The van der Waals surface area contributed by atoms with Gasteiger partial charge in [0.2, 0.25) is 0 Å². The van der Waals surface area contributed by atoms with Crippen LogP contribution < -0.4 is 16.4 Å². The van der Waals surface area contributed by atoms with Crippen molar-refractivity contribution >= 4 is 34.8 Å². The number of nitrogens with one attached hydrogen (secondary N) is 2. The third kappa shape index (κ3) is 3.81. The highest BCUT2D eigenvalue weighted by Crippen LogP contribution is 2.22. The highest BCUT2D eigenvalue weighted by Gasteiger charge is 2.12. The van der Waals surface area contributed by atoms with Crippen molar-refractivity contribution < 1.29 is 9.59 Å². The van der Waals surface area contributed by atoms with Crippen LogP contribution in [0.4, 0.5) is 11.4 Å². The topological polar surface area (TPSA) is 84.2 Å². The van der Waals surface area contributed by atoms with Crippen LogP contribution in [0, 0.1) is 0 Å². The van der Waals surface area contributed by atoms with Crippen LogP contribution in [-0.4, -0.2) is 18.4 Å². The van der Waals surface area contributed by atoms with Crippen molar-refractivity contribution in [3.63, 3.8) is 0 Å². The van der Waals surface area contributed by atoms with Crippen molar-refractivity contribution in [2.75, 3.05) is 17.6 Å². The normalized spacial score (nSPS) is 9.47. The lowest BCUT2D eigenvalue weighted by Gasteiger charge is -2.06. The summed E-state index contributed by atoms with van der Waals surface area (Å²) in [4.78, 5) is 22.6. The lowest BCUT2D eigenvalue weighted by Crippen LogP contribution is -2.35. The van der Waals surface area contributed by atoms with Gasteiger partial charge in [0.05, 0.1) is 10.7 Å². The summed E-state index contributed by atoms with van der Waals surface area (Å²) in [6.07, 6.45) is 1.48. The first-order chi connectivity index (χ1) is 8.04. The van der Waals surface area contributed by atoms with Gasteiger partial charge in [-0.2, -0.15) is 0 Å². The van der Waals surface area contributed by atoms with Gasteiger partial charge in [-0.1, -0.05) is 17.7 Å². The molecule has 0 spiro atoms. The molecule has 0 aromatic heterocycles. The van der Waals surface area contributed by atoms with Gasteiger partial charge in [-0.25, -0.2) is 0 Å². The maximum Gasteiger partial charge on any atom is 0.313 e.